The summed E-state index contributed by atoms with van der Waals surface area (Å²) in [5, 5.41) is 26.0. The normalized spacial score (nSPS) is 17.3. The van der Waals surface area contributed by atoms with Gasteiger partial charge in [-0.3, -0.25) is 19.3 Å². The fraction of sp³-hybridized carbons (Fsp3) is 0.297. The molecule has 0 aliphatic carbocycles. The van der Waals surface area contributed by atoms with Crippen LogP contribution < -0.4 is 4.74 Å². The summed E-state index contributed by atoms with van der Waals surface area (Å²) >= 11 is 13.9. The Balaban J connectivity index is 1.13. The van der Waals surface area contributed by atoms with Crippen molar-refractivity contribution in [3.63, 3.8) is 0 Å². The van der Waals surface area contributed by atoms with Gasteiger partial charge in [-0.15, -0.1) is 0 Å². The Morgan fingerprint density at radius 3 is 2.36 bits per heavy atom. The number of nitrogens with zero attached hydrogens (tertiary/aromatic N) is 4. The lowest BCUT2D eigenvalue weighted by molar-refractivity contribution is -0.141. The number of methoxy groups -OCH3 is 1. The van der Waals surface area contributed by atoms with Crippen molar-refractivity contribution in [2.45, 2.75) is 32.2 Å². The largest absolute Gasteiger partial charge is 0.496 e. The number of benzene rings is 4. The van der Waals surface area contributed by atoms with E-state index in [0.717, 1.165) is 76.2 Å². The van der Waals surface area contributed by atoms with Crippen molar-refractivity contribution in [1.29, 1.82) is 0 Å². The maximum absolute atomic E-state index is 11.4. The predicted molar refractivity (Wildman–Crippen MR) is 185 cm³/mol. The number of aliphatic hydroxyl groups excluding tert-OH is 1. The van der Waals surface area contributed by atoms with E-state index >= 15 is 0 Å². The molecule has 2 aliphatic rings. The number of rotatable bonds is 10. The van der Waals surface area contributed by atoms with Gasteiger partial charge in [-0.25, -0.2) is 0 Å². The number of carboxylic acids is 1. The van der Waals surface area contributed by atoms with Gasteiger partial charge < -0.3 is 14.9 Å². The monoisotopic (exact) mass is 670 g/mol. The highest BCUT2D eigenvalue weighted by atomic mass is 35.5. The van der Waals surface area contributed by atoms with E-state index in [1.165, 1.54) is 5.56 Å². The molecule has 0 radical (unpaired) electrons. The first-order chi connectivity index (χ1) is 22.8. The first-order valence-corrected chi connectivity index (χ1v) is 16.6. The fourth-order valence-electron chi connectivity index (χ4n) is 6.80. The average Bonchev–Trinajstić information content (AvgIpc) is 3.70. The molecule has 0 amide bonds. The summed E-state index contributed by atoms with van der Waals surface area (Å²) in [6.45, 7) is 4.55. The zero-order valence-corrected chi connectivity index (χ0v) is 27.6. The number of fused-ring (bicyclic) bond motifs is 1. The number of hydrogen-bond donors (Lipinski definition) is 2. The van der Waals surface area contributed by atoms with Gasteiger partial charge in [0.15, 0.2) is 0 Å². The molecule has 1 atom stereocenters. The van der Waals surface area contributed by atoms with Crippen molar-refractivity contribution in [1.82, 2.24) is 19.6 Å². The van der Waals surface area contributed by atoms with Gasteiger partial charge in [-0.2, -0.15) is 5.10 Å². The quantitative estimate of drug-likeness (QED) is 0.169. The van der Waals surface area contributed by atoms with Crippen LogP contribution in [0, 0.1) is 5.92 Å². The van der Waals surface area contributed by atoms with Crippen LogP contribution >= 0.6 is 23.2 Å². The van der Waals surface area contributed by atoms with Crippen molar-refractivity contribution in [3.05, 3.63) is 106 Å². The Hall–Kier alpha value is -3.92. The standard InChI is InChI=1S/C37H36Cl2N4O4/c1-47-35-15-26(33(38)14-27(35)19-41-13-12-25(18-41)37(45)46)20-43-34-7-3-5-30(32(34)16-40-43)31-6-2-4-29(36(31)39)24-10-8-23(9-11-24)17-42-21-28(44)22-42/h2-11,14-16,25,28,44H,12-13,17-22H2,1H3,(H,45,46)/t25-/m1/s1. The van der Waals surface area contributed by atoms with Crippen LogP contribution in [0.25, 0.3) is 33.2 Å². The molecule has 47 heavy (non-hydrogen) atoms. The number of aliphatic hydroxyl groups is 1. The molecule has 2 fully saturated rings. The van der Waals surface area contributed by atoms with Crippen molar-refractivity contribution >= 4 is 40.1 Å². The van der Waals surface area contributed by atoms with Crippen molar-refractivity contribution in [2.24, 2.45) is 5.92 Å². The van der Waals surface area contributed by atoms with Gasteiger partial charge in [-0.1, -0.05) is 77.8 Å². The zero-order valence-electron chi connectivity index (χ0n) is 26.1. The minimum absolute atomic E-state index is 0.206. The molecular formula is C37H36Cl2N4O4. The first-order valence-electron chi connectivity index (χ1n) is 15.8. The van der Waals surface area contributed by atoms with Crippen LogP contribution in [0.4, 0.5) is 0 Å². The molecular weight excluding hydrogens is 635 g/mol. The van der Waals surface area contributed by atoms with E-state index in [2.05, 4.69) is 40.1 Å². The number of aliphatic carboxylic acids is 1. The summed E-state index contributed by atoms with van der Waals surface area (Å²) in [5.74, 6) is -0.366. The SMILES string of the molecule is COc1cc(Cn2ncc3c(-c4cccc(-c5ccc(CN6CC(O)C6)cc5)c4Cl)cccc32)c(Cl)cc1CN1CC[C@@H](C(=O)O)C1. The summed E-state index contributed by atoms with van der Waals surface area (Å²) < 4.78 is 7.68. The van der Waals surface area contributed by atoms with Gasteiger partial charge >= 0.3 is 5.97 Å². The highest BCUT2D eigenvalue weighted by Crippen LogP contribution is 2.40. The molecule has 8 nitrogen and oxygen atoms in total. The second kappa shape index (κ2) is 13.3. The molecule has 4 aromatic carbocycles. The summed E-state index contributed by atoms with van der Waals surface area (Å²) in [4.78, 5) is 15.8. The van der Waals surface area contributed by atoms with Crippen LogP contribution in [-0.2, 0) is 24.4 Å². The Morgan fingerprint density at radius 2 is 1.64 bits per heavy atom. The number of carbonyl (C=O) groups is 1. The predicted octanol–water partition coefficient (Wildman–Crippen LogP) is 6.82. The number of aromatic nitrogens is 2. The molecule has 2 N–H and O–H groups in total. The van der Waals surface area contributed by atoms with Crippen LogP contribution in [0.2, 0.25) is 10.0 Å². The van der Waals surface area contributed by atoms with E-state index in [4.69, 9.17) is 33.0 Å². The first kappa shape index (κ1) is 31.7. The van der Waals surface area contributed by atoms with Crippen LogP contribution in [0.3, 0.4) is 0 Å². The van der Waals surface area contributed by atoms with Crippen molar-refractivity contribution < 1.29 is 19.7 Å². The van der Waals surface area contributed by atoms with Crippen molar-refractivity contribution in [2.75, 3.05) is 33.3 Å². The summed E-state index contributed by atoms with van der Waals surface area (Å²) in [7, 11) is 1.64. The zero-order chi connectivity index (χ0) is 32.7. The van der Waals surface area contributed by atoms with Gasteiger partial charge in [0, 0.05) is 59.8 Å². The average molecular weight is 672 g/mol. The molecule has 0 spiro atoms. The summed E-state index contributed by atoms with van der Waals surface area (Å²) in [5.41, 5.74) is 7.91. The van der Waals surface area contributed by atoms with Crippen LogP contribution in [0.1, 0.15) is 23.1 Å². The topological polar surface area (TPSA) is 91.1 Å². The molecule has 7 rings (SSSR count). The second-order valence-electron chi connectivity index (χ2n) is 12.6. The van der Waals surface area contributed by atoms with Gasteiger partial charge in [0.1, 0.15) is 5.75 Å². The molecule has 0 saturated carbocycles. The number of β-amino-alcohol motifs (C(OH)–C–C–N with tert-alkyl or cyclic N) is 1. The molecule has 2 saturated heterocycles. The highest BCUT2D eigenvalue weighted by molar-refractivity contribution is 6.36. The number of ether oxygens (including phenoxy) is 1. The van der Waals surface area contributed by atoms with Crippen LogP contribution in [0.15, 0.2) is 79.0 Å². The molecule has 3 heterocycles. The Kier molecular flexibility index (Phi) is 8.96. The third-order valence-electron chi connectivity index (χ3n) is 9.37. The summed E-state index contributed by atoms with van der Waals surface area (Å²) in [6, 6.07) is 24.6. The van der Waals surface area contributed by atoms with Gasteiger partial charge in [0.2, 0.25) is 0 Å². The number of hydrogen-bond acceptors (Lipinski definition) is 6. The van der Waals surface area contributed by atoms with E-state index in [1.54, 1.807) is 7.11 Å². The summed E-state index contributed by atoms with van der Waals surface area (Å²) in [6.07, 6.45) is 2.32. The molecule has 5 aromatic rings. The van der Waals surface area contributed by atoms with Gasteiger partial charge in [0.05, 0.1) is 42.4 Å². The molecule has 1 aromatic heterocycles. The third kappa shape index (κ3) is 6.49. The Labute approximate surface area is 283 Å². The van der Waals surface area contributed by atoms with Gasteiger partial charge in [-0.05, 0) is 53.4 Å². The minimum atomic E-state index is -0.747. The van der Waals surface area contributed by atoms with Crippen LogP contribution in [-0.4, -0.2) is 75.2 Å². The number of likely N-dealkylation sites (tertiary alicyclic amines) is 2. The molecule has 10 heteroatoms. The van der Waals surface area contributed by atoms with Crippen LogP contribution in [0.5, 0.6) is 5.75 Å². The van der Waals surface area contributed by atoms with Gasteiger partial charge in [0.25, 0.3) is 0 Å². The fourth-order valence-corrected chi connectivity index (χ4v) is 7.38. The maximum atomic E-state index is 11.4. The van der Waals surface area contributed by atoms with E-state index in [1.807, 2.05) is 53.3 Å². The Morgan fingerprint density at radius 1 is 0.894 bits per heavy atom. The van der Waals surface area contributed by atoms with E-state index in [-0.39, 0.29) is 12.0 Å². The molecule has 2 aliphatic heterocycles. The lowest BCUT2D eigenvalue weighted by Crippen LogP contribution is -2.49. The van der Waals surface area contributed by atoms with Crippen molar-refractivity contribution in [3.8, 4) is 28.0 Å². The minimum Gasteiger partial charge on any atom is -0.496 e. The smallest absolute Gasteiger partial charge is 0.307 e. The lowest BCUT2D eigenvalue weighted by atomic mass is 9.96. The molecule has 0 unspecified atom stereocenters. The van der Waals surface area contributed by atoms with E-state index < -0.39 is 5.97 Å². The molecule has 0 bridgehead atoms. The second-order valence-corrected chi connectivity index (χ2v) is 13.4. The Bertz CT molecular complexity index is 1940. The third-order valence-corrected chi connectivity index (χ3v) is 10.1. The lowest BCUT2D eigenvalue weighted by Gasteiger charge is -2.35. The van der Waals surface area contributed by atoms with E-state index in [9.17, 15) is 15.0 Å². The maximum Gasteiger partial charge on any atom is 0.307 e. The number of carboxylic acid groups (broad SMARTS) is 1. The highest BCUT2D eigenvalue weighted by Gasteiger charge is 2.29. The number of halogens is 2. The van der Waals surface area contributed by atoms with E-state index in [0.29, 0.717) is 36.1 Å². The molecule has 242 valence electrons.